The maximum Gasteiger partial charge on any atom is 0.317 e. The van der Waals surface area contributed by atoms with Crippen molar-refractivity contribution in [3.63, 3.8) is 0 Å². The van der Waals surface area contributed by atoms with Crippen LogP contribution in [0.2, 0.25) is 0 Å². The van der Waals surface area contributed by atoms with Crippen molar-refractivity contribution in [2.45, 2.75) is 19.9 Å². The van der Waals surface area contributed by atoms with E-state index in [1.54, 1.807) is 44.9 Å². The molecule has 0 fully saturated rings. The van der Waals surface area contributed by atoms with Crippen molar-refractivity contribution in [1.29, 1.82) is 0 Å². The van der Waals surface area contributed by atoms with Crippen LogP contribution in [-0.2, 0) is 9.53 Å². The average molecular weight is 344 g/mol. The molecule has 2 heterocycles. The zero-order valence-electron chi connectivity index (χ0n) is 14.6. The fourth-order valence-electron chi connectivity index (χ4n) is 3.03. The van der Waals surface area contributed by atoms with Gasteiger partial charge in [0.15, 0.2) is 0 Å². The maximum atomic E-state index is 12.6. The van der Waals surface area contributed by atoms with Crippen LogP contribution in [0.1, 0.15) is 25.5 Å². The second kappa shape index (κ2) is 6.92. The minimum absolute atomic E-state index is 0.287. The normalized spacial score (nSPS) is 19.0. The van der Waals surface area contributed by atoms with Gasteiger partial charge in [-0.25, -0.2) is 9.67 Å². The lowest BCUT2D eigenvalue weighted by Gasteiger charge is -2.30. The summed E-state index contributed by atoms with van der Waals surface area (Å²) in [6.45, 7) is 3.85. The van der Waals surface area contributed by atoms with Gasteiger partial charge in [-0.15, -0.1) is 0 Å². The second-order valence-electron chi connectivity index (χ2n) is 5.54. The molecule has 0 N–H and O–H groups in total. The van der Waals surface area contributed by atoms with Crippen molar-refractivity contribution in [2.24, 2.45) is 10.9 Å². The zero-order chi connectivity index (χ0) is 18.0. The second-order valence-corrected chi connectivity index (χ2v) is 5.54. The Balaban J connectivity index is 2.19. The van der Waals surface area contributed by atoms with Gasteiger partial charge in [-0.05, 0) is 32.0 Å². The molecule has 25 heavy (non-hydrogen) atoms. The van der Waals surface area contributed by atoms with Crippen molar-refractivity contribution < 1.29 is 19.0 Å². The molecule has 1 aromatic carbocycles. The average Bonchev–Trinajstić information content (AvgIpc) is 3.07. The van der Waals surface area contributed by atoms with Gasteiger partial charge in [-0.1, -0.05) is 0 Å². The minimum Gasteiger partial charge on any atom is -0.497 e. The molecule has 2 unspecified atom stereocenters. The van der Waals surface area contributed by atoms with Crippen LogP contribution >= 0.6 is 0 Å². The number of carbonyl (C=O) groups excluding carboxylic acids is 1. The first-order valence-corrected chi connectivity index (χ1v) is 7.94. The van der Waals surface area contributed by atoms with Crippen LogP contribution < -0.4 is 9.47 Å². The molecule has 2 atom stereocenters. The van der Waals surface area contributed by atoms with Gasteiger partial charge < -0.3 is 14.2 Å². The number of aromatic nitrogens is 3. The van der Waals surface area contributed by atoms with Gasteiger partial charge in [0.25, 0.3) is 0 Å². The molecule has 0 amide bonds. The first-order valence-electron chi connectivity index (χ1n) is 7.94. The summed E-state index contributed by atoms with van der Waals surface area (Å²) in [4.78, 5) is 21.2. The zero-order valence-corrected chi connectivity index (χ0v) is 14.6. The highest BCUT2D eigenvalue weighted by atomic mass is 16.5. The number of hydrogen-bond acceptors (Lipinski definition) is 7. The molecule has 0 spiro atoms. The summed E-state index contributed by atoms with van der Waals surface area (Å²) in [7, 11) is 3.17. The molecule has 8 heteroatoms. The van der Waals surface area contributed by atoms with Gasteiger partial charge in [0, 0.05) is 11.3 Å². The van der Waals surface area contributed by atoms with Crippen molar-refractivity contribution in [3.8, 4) is 11.5 Å². The first-order chi connectivity index (χ1) is 12.1. The molecule has 3 rings (SSSR count). The third-order valence-electron chi connectivity index (χ3n) is 4.16. The van der Waals surface area contributed by atoms with Crippen LogP contribution in [0.3, 0.4) is 0 Å². The van der Waals surface area contributed by atoms with E-state index < -0.39 is 12.0 Å². The molecular weight excluding hydrogens is 324 g/mol. The van der Waals surface area contributed by atoms with Gasteiger partial charge in [0.1, 0.15) is 29.8 Å². The molecule has 0 bridgehead atoms. The highest BCUT2D eigenvalue weighted by Gasteiger charge is 2.41. The highest BCUT2D eigenvalue weighted by molar-refractivity contribution is 6.03. The van der Waals surface area contributed by atoms with Crippen LogP contribution in [-0.4, -0.2) is 47.3 Å². The number of aliphatic imine (C=N–C) groups is 1. The Labute approximate surface area is 145 Å². The number of carbonyl (C=O) groups is 1. The Hall–Kier alpha value is -2.90. The van der Waals surface area contributed by atoms with E-state index in [-0.39, 0.29) is 12.6 Å². The van der Waals surface area contributed by atoms with Gasteiger partial charge in [0.05, 0.1) is 20.8 Å². The van der Waals surface area contributed by atoms with Gasteiger partial charge in [-0.2, -0.15) is 10.1 Å². The minimum atomic E-state index is -0.629. The lowest BCUT2D eigenvalue weighted by molar-refractivity contribution is -0.146. The Morgan fingerprint density at radius 2 is 2.08 bits per heavy atom. The summed E-state index contributed by atoms with van der Waals surface area (Å²) < 4.78 is 17.7. The van der Waals surface area contributed by atoms with Crippen molar-refractivity contribution in [3.05, 3.63) is 30.1 Å². The molecule has 2 aromatic rings. The lowest BCUT2D eigenvalue weighted by atomic mass is 9.88. The van der Waals surface area contributed by atoms with E-state index >= 15 is 0 Å². The van der Waals surface area contributed by atoms with E-state index in [0.29, 0.717) is 23.2 Å². The Bertz CT molecular complexity index is 815. The lowest BCUT2D eigenvalue weighted by Crippen LogP contribution is -2.37. The molecule has 132 valence electrons. The summed E-state index contributed by atoms with van der Waals surface area (Å²) >= 11 is 0. The highest BCUT2D eigenvalue weighted by Crippen LogP contribution is 2.40. The molecule has 0 saturated carbocycles. The molecule has 1 aromatic heterocycles. The number of hydrogen-bond donors (Lipinski definition) is 0. The van der Waals surface area contributed by atoms with Crippen LogP contribution in [0, 0.1) is 5.92 Å². The first kappa shape index (κ1) is 16.9. The number of benzene rings is 1. The summed E-state index contributed by atoms with van der Waals surface area (Å²) in [6.07, 6.45) is 1.42. The number of methoxy groups -OCH3 is 2. The Morgan fingerprint density at radius 1 is 1.28 bits per heavy atom. The number of fused-ring (bicyclic) bond motifs is 1. The smallest absolute Gasteiger partial charge is 0.317 e. The van der Waals surface area contributed by atoms with Crippen molar-refractivity contribution in [2.75, 3.05) is 20.8 Å². The molecule has 0 aliphatic carbocycles. The fraction of sp³-hybridized carbons (Fsp3) is 0.412. The third-order valence-corrected chi connectivity index (χ3v) is 4.16. The van der Waals surface area contributed by atoms with Gasteiger partial charge in [-0.3, -0.25) is 4.79 Å². The molecule has 0 radical (unpaired) electrons. The monoisotopic (exact) mass is 344 g/mol. The number of nitrogens with zero attached hydrogens (tertiary/aromatic N) is 4. The Morgan fingerprint density at radius 3 is 2.76 bits per heavy atom. The predicted octanol–water partition coefficient (Wildman–Crippen LogP) is 2.17. The summed E-state index contributed by atoms with van der Waals surface area (Å²) in [5, 5.41) is 4.27. The summed E-state index contributed by atoms with van der Waals surface area (Å²) in [5.41, 5.74) is 1.37. The van der Waals surface area contributed by atoms with E-state index in [0.717, 1.165) is 5.56 Å². The standard InChI is InChI=1S/C17H20N4O4/c1-5-25-16(22)14-10(2)20-17-18-9-19-21(17)15(14)12-8-11(23-3)6-7-13(12)24-4/h6-9,14-15H,5H2,1-4H3. The molecule has 0 saturated heterocycles. The topological polar surface area (TPSA) is 87.8 Å². The van der Waals surface area contributed by atoms with Crippen LogP contribution in [0.25, 0.3) is 0 Å². The maximum absolute atomic E-state index is 12.6. The van der Waals surface area contributed by atoms with Crippen LogP contribution in [0.15, 0.2) is 29.5 Å². The SMILES string of the molecule is CCOC(=O)C1C(C)=Nc2ncnn2C1c1cc(OC)ccc1OC. The third kappa shape index (κ3) is 2.95. The van der Waals surface area contributed by atoms with E-state index in [2.05, 4.69) is 15.1 Å². The molecule has 1 aliphatic heterocycles. The fourth-order valence-corrected chi connectivity index (χ4v) is 3.03. The van der Waals surface area contributed by atoms with Crippen molar-refractivity contribution in [1.82, 2.24) is 14.8 Å². The quantitative estimate of drug-likeness (QED) is 0.773. The Kier molecular flexibility index (Phi) is 4.69. The van der Waals surface area contributed by atoms with Gasteiger partial charge in [0.2, 0.25) is 5.95 Å². The predicted molar refractivity (Wildman–Crippen MR) is 90.6 cm³/mol. The van der Waals surface area contributed by atoms with Gasteiger partial charge >= 0.3 is 5.97 Å². The largest absolute Gasteiger partial charge is 0.497 e. The number of rotatable bonds is 5. The molecule has 1 aliphatic rings. The van der Waals surface area contributed by atoms with E-state index in [1.165, 1.54) is 6.33 Å². The van der Waals surface area contributed by atoms with Crippen LogP contribution in [0.4, 0.5) is 5.95 Å². The number of esters is 1. The van der Waals surface area contributed by atoms with E-state index in [1.807, 2.05) is 6.07 Å². The molecular formula is C17H20N4O4. The number of ether oxygens (including phenoxy) is 3. The van der Waals surface area contributed by atoms with Crippen molar-refractivity contribution >= 4 is 17.6 Å². The van der Waals surface area contributed by atoms with Crippen LogP contribution in [0.5, 0.6) is 11.5 Å². The summed E-state index contributed by atoms with van der Waals surface area (Å²) in [5.74, 6) is 0.722. The van der Waals surface area contributed by atoms with E-state index in [9.17, 15) is 4.79 Å². The van der Waals surface area contributed by atoms with E-state index in [4.69, 9.17) is 14.2 Å². The molecule has 8 nitrogen and oxygen atoms in total. The summed E-state index contributed by atoms with van der Waals surface area (Å²) in [6, 6.07) is 4.95.